The van der Waals surface area contributed by atoms with Gasteiger partial charge in [-0.25, -0.2) is 4.79 Å². The fourth-order valence-corrected chi connectivity index (χ4v) is 3.45. The first kappa shape index (κ1) is 23.2. The molecule has 0 amide bonds. The number of rotatable bonds is 10. The summed E-state index contributed by atoms with van der Waals surface area (Å²) in [5, 5.41) is 10.4. The van der Waals surface area contributed by atoms with Crippen molar-refractivity contribution >= 4 is 11.6 Å². The van der Waals surface area contributed by atoms with E-state index in [-0.39, 0.29) is 30.4 Å². The van der Waals surface area contributed by atoms with Crippen LogP contribution >= 0.6 is 0 Å². The van der Waals surface area contributed by atoms with E-state index in [2.05, 4.69) is 0 Å². The zero-order chi connectivity index (χ0) is 23.3. The zero-order valence-electron chi connectivity index (χ0n) is 18.6. The average molecular weight is 437 g/mol. The topological polar surface area (TPSA) is 90.5 Å². The number of carbonyl (C=O) groups is 2. The van der Waals surface area contributed by atoms with Gasteiger partial charge in [-0.1, -0.05) is 12.1 Å². The second-order valence-electron chi connectivity index (χ2n) is 7.95. The predicted octanol–water partition coefficient (Wildman–Crippen LogP) is 3.11. The van der Waals surface area contributed by atoms with Gasteiger partial charge in [-0.2, -0.15) is 0 Å². The number of aliphatic hydroxyl groups excluding tert-OH is 1. The molecule has 1 atom stereocenters. The SMILES string of the molecule is CC(=O)CCc1ccc(OC[C@@H](O)Cn2cc(C)n(-c3ccc(C(C)=O)cc3)c2=O)cc1. The number of benzene rings is 2. The van der Waals surface area contributed by atoms with E-state index in [0.717, 1.165) is 11.3 Å². The Bertz CT molecular complexity index is 1140. The summed E-state index contributed by atoms with van der Waals surface area (Å²) >= 11 is 0. The van der Waals surface area contributed by atoms with E-state index in [0.29, 0.717) is 29.8 Å². The van der Waals surface area contributed by atoms with Crippen LogP contribution in [0, 0.1) is 6.92 Å². The van der Waals surface area contributed by atoms with Crippen molar-refractivity contribution in [3.8, 4) is 11.4 Å². The molecule has 1 N–H and O–H groups in total. The lowest BCUT2D eigenvalue weighted by Gasteiger charge is -2.13. The first-order valence-corrected chi connectivity index (χ1v) is 10.5. The smallest absolute Gasteiger partial charge is 0.333 e. The summed E-state index contributed by atoms with van der Waals surface area (Å²) in [6.07, 6.45) is 2.01. The van der Waals surface area contributed by atoms with Gasteiger partial charge in [0.05, 0.1) is 12.2 Å². The Kier molecular flexibility index (Phi) is 7.43. The van der Waals surface area contributed by atoms with Crippen LogP contribution in [0.25, 0.3) is 5.69 Å². The van der Waals surface area contributed by atoms with Gasteiger partial charge in [0, 0.05) is 23.9 Å². The molecule has 3 aromatic rings. The predicted molar refractivity (Wildman–Crippen MR) is 122 cm³/mol. The molecule has 32 heavy (non-hydrogen) atoms. The zero-order valence-corrected chi connectivity index (χ0v) is 18.6. The van der Waals surface area contributed by atoms with Gasteiger partial charge < -0.3 is 14.6 Å². The van der Waals surface area contributed by atoms with Gasteiger partial charge >= 0.3 is 5.69 Å². The van der Waals surface area contributed by atoms with Gasteiger partial charge in [-0.15, -0.1) is 0 Å². The van der Waals surface area contributed by atoms with Crippen molar-refractivity contribution in [1.82, 2.24) is 9.13 Å². The van der Waals surface area contributed by atoms with Crippen LogP contribution in [0.1, 0.15) is 41.9 Å². The standard InChI is InChI=1S/C25H28N2O5/c1-17-14-26(25(31)27(17)22-10-8-21(9-11-22)19(3)29)15-23(30)16-32-24-12-6-20(7-13-24)5-4-18(2)28/h6-14,23,30H,4-5,15-16H2,1-3H3/t23-/m0/s1. The number of imidazole rings is 1. The minimum absolute atomic E-state index is 0.0352. The number of aryl methyl sites for hydroxylation is 2. The van der Waals surface area contributed by atoms with Gasteiger partial charge in [0.25, 0.3) is 0 Å². The summed E-state index contributed by atoms with van der Waals surface area (Å²) in [7, 11) is 0. The van der Waals surface area contributed by atoms with Crippen LogP contribution in [0.2, 0.25) is 0 Å². The maximum absolute atomic E-state index is 12.8. The van der Waals surface area contributed by atoms with E-state index in [1.54, 1.807) is 49.5 Å². The second kappa shape index (κ2) is 10.2. The molecule has 2 aromatic carbocycles. The van der Waals surface area contributed by atoms with Crippen LogP contribution < -0.4 is 10.4 Å². The summed E-state index contributed by atoms with van der Waals surface area (Å²) in [6.45, 7) is 5.01. The molecule has 0 bridgehead atoms. The second-order valence-corrected chi connectivity index (χ2v) is 7.95. The number of nitrogens with zero attached hydrogens (tertiary/aromatic N) is 2. The van der Waals surface area contributed by atoms with E-state index >= 15 is 0 Å². The third-order valence-corrected chi connectivity index (χ3v) is 5.20. The third kappa shape index (κ3) is 5.82. The normalized spacial score (nSPS) is 11.9. The molecule has 0 saturated heterocycles. The summed E-state index contributed by atoms with van der Waals surface area (Å²) in [5.74, 6) is 0.732. The average Bonchev–Trinajstić information content (AvgIpc) is 3.04. The van der Waals surface area contributed by atoms with Crippen LogP contribution in [0.3, 0.4) is 0 Å². The highest BCUT2D eigenvalue weighted by Crippen LogP contribution is 2.15. The monoisotopic (exact) mass is 436 g/mol. The molecule has 0 aliphatic carbocycles. The highest BCUT2D eigenvalue weighted by atomic mass is 16.5. The molecule has 0 aliphatic heterocycles. The minimum atomic E-state index is -0.875. The van der Waals surface area contributed by atoms with Crippen LogP contribution in [0.5, 0.6) is 5.75 Å². The number of aromatic nitrogens is 2. The van der Waals surface area contributed by atoms with Crippen molar-refractivity contribution in [2.75, 3.05) is 6.61 Å². The Balaban J connectivity index is 1.61. The first-order chi connectivity index (χ1) is 15.2. The molecule has 0 fully saturated rings. The molecule has 168 valence electrons. The Morgan fingerprint density at radius 2 is 1.69 bits per heavy atom. The Morgan fingerprint density at radius 3 is 2.28 bits per heavy atom. The quantitative estimate of drug-likeness (QED) is 0.493. The van der Waals surface area contributed by atoms with Crippen LogP contribution in [-0.2, 0) is 17.8 Å². The minimum Gasteiger partial charge on any atom is -0.491 e. The molecule has 7 nitrogen and oxygen atoms in total. The number of ether oxygens (including phenoxy) is 1. The van der Waals surface area contributed by atoms with E-state index < -0.39 is 6.10 Å². The Hall–Kier alpha value is -3.45. The lowest BCUT2D eigenvalue weighted by Crippen LogP contribution is -2.31. The Morgan fingerprint density at radius 1 is 1.03 bits per heavy atom. The van der Waals surface area contributed by atoms with Crippen molar-refractivity contribution in [3.05, 3.63) is 82.0 Å². The largest absolute Gasteiger partial charge is 0.491 e. The van der Waals surface area contributed by atoms with Crippen molar-refractivity contribution in [1.29, 1.82) is 0 Å². The molecule has 7 heteroatoms. The molecule has 3 rings (SSSR count). The van der Waals surface area contributed by atoms with Gasteiger partial charge in [0.2, 0.25) is 0 Å². The fraction of sp³-hybridized carbons (Fsp3) is 0.320. The van der Waals surface area contributed by atoms with Crippen LogP contribution in [0.15, 0.2) is 59.5 Å². The maximum atomic E-state index is 12.8. The van der Waals surface area contributed by atoms with Gasteiger partial charge in [-0.3, -0.25) is 13.9 Å². The van der Waals surface area contributed by atoms with E-state index in [1.807, 2.05) is 19.1 Å². The van der Waals surface area contributed by atoms with E-state index in [1.165, 1.54) is 16.1 Å². The van der Waals surface area contributed by atoms with Crippen molar-refractivity contribution in [3.63, 3.8) is 0 Å². The van der Waals surface area contributed by atoms with E-state index in [4.69, 9.17) is 4.74 Å². The summed E-state index contributed by atoms with van der Waals surface area (Å²) in [5.41, 5.74) is 2.74. The summed E-state index contributed by atoms with van der Waals surface area (Å²) in [4.78, 5) is 35.4. The first-order valence-electron chi connectivity index (χ1n) is 10.5. The molecule has 0 aliphatic rings. The van der Waals surface area contributed by atoms with Gasteiger partial charge in [0.1, 0.15) is 24.2 Å². The Labute approximate surface area is 186 Å². The highest BCUT2D eigenvalue weighted by Gasteiger charge is 2.14. The molecule has 0 saturated carbocycles. The summed E-state index contributed by atoms with van der Waals surface area (Å²) in [6, 6.07) is 14.2. The molecular weight excluding hydrogens is 408 g/mol. The molecule has 0 unspecified atom stereocenters. The number of hydrogen-bond donors (Lipinski definition) is 1. The molecular formula is C25H28N2O5. The van der Waals surface area contributed by atoms with Crippen molar-refractivity contribution in [2.24, 2.45) is 0 Å². The number of Topliss-reactive ketones (excluding diaryl/α,β-unsaturated/α-hetero) is 2. The number of hydrogen-bond acceptors (Lipinski definition) is 5. The maximum Gasteiger partial charge on any atom is 0.333 e. The summed E-state index contributed by atoms with van der Waals surface area (Å²) < 4.78 is 8.64. The molecule has 0 spiro atoms. The van der Waals surface area contributed by atoms with Crippen molar-refractivity contribution in [2.45, 2.75) is 46.3 Å². The number of carbonyl (C=O) groups excluding carboxylic acids is 2. The third-order valence-electron chi connectivity index (χ3n) is 5.20. The van der Waals surface area contributed by atoms with Crippen LogP contribution in [0.4, 0.5) is 0 Å². The van der Waals surface area contributed by atoms with E-state index in [9.17, 15) is 19.5 Å². The lowest BCUT2D eigenvalue weighted by molar-refractivity contribution is -0.116. The van der Waals surface area contributed by atoms with Crippen molar-refractivity contribution < 1.29 is 19.4 Å². The van der Waals surface area contributed by atoms with Gasteiger partial charge in [-0.05, 0) is 69.2 Å². The number of aliphatic hydroxyl groups is 1. The molecule has 0 radical (unpaired) electrons. The van der Waals surface area contributed by atoms with Gasteiger partial charge in [0.15, 0.2) is 5.78 Å². The highest BCUT2D eigenvalue weighted by molar-refractivity contribution is 5.94. The fourth-order valence-electron chi connectivity index (χ4n) is 3.45. The number of ketones is 2. The lowest BCUT2D eigenvalue weighted by atomic mass is 10.1. The van der Waals surface area contributed by atoms with Crippen LogP contribution in [-0.4, -0.2) is 38.5 Å². The molecule has 1 aromatic heterocycles. The molecule has 1 heterocycles.